The number of pyridine rings is 1. The van der Waals surface area contributed by atoms with E-state index < -0.39 is 25.5 Å². The van der Waals surface area contributed by atoms with E-state index in [-0.39, 0.29) is 12.3 Å². The van der Waals surface area contributed by atoms with Gasteiger partial charge >= 0.3 is 0 Å². The van der Waals surface area contributed by atoms with Crippen LogP contribution in [-0.2, 0) is 11.5 Å². The average Bonchev–Trinajstić information content (AvgIpc) is 3.07. The molecule has 3 aromatic rings. The van der Waals surface area contributed by atoms with Crippen molar-refractivity contribution in [1.29, 1.82) is 0 Å². The van der Waals surface area contributed by atoms with Crippen LogP contribution >= 0.6 is 0 Å². The van der Waals surface area contributed by atoms with Gasteiger partial charge in [0.1, 0.15) is 6.73 Å². The third kappa shape index (κ3) is 4.45. The molecule has 5 nitrogen and oxygen atoms in total. The topological polar surface area (TPSA) is 60.2 Å². The maximum Gasteiger partial charge on any atom is 0.200 e. The van der Waals surface area contributed by atoms with Gasteiger partial charge in [0.25, 0.3) is 0 Å². The number of rotatable bonds is 7. The summed E-state index contributed by atoms with van der Waals surface area (Å²) < 4.78 is 35.7. The largest absolute Gasteiger partial charge is 0.505 e. The molecular weight excluding hydrogens is 380 g/mol. The van der Waals surface area contributed by atoms with Gasteiger partial charge in [0.2, 0.25) is 5.82 Å². The average molecular weight is 404 g/mol. The number of aromatic hydroxyl groups is 1. The van der Waals surface area contributed by atoms with E-state index in [4.69, 9.17) is 4.74 Å². The van der Waals surface area contributed by atoms with E-state index in [1.54, 1.807) is 23.0 Å². The maximum absolute atomic E-state index is 14.5. The molecule has 0 saturated carbocycles. The molecule has 0 aliphatic heterocycles. The Morgan fingerprint density at radius 3 is 2.54 bits per heavy atom. The number of phenolic OH excluding ortho intramolecular Hbond substituents is 1. The van der Waals surface area contributed by atoms with Gasteiger partial charge in [0, 0.05) is 32.0 Å². The van der Waals surface area contributed by atoms with Crippen molar-refractivity contribution < 1.29 is 18.6 Å². The molecule has 8 heteroatoms. The second-order valence-electron chi connectivity index (χ2n) is 7.73. The molecule has 2 aromatic heterocycles. The van der Waals surface area contributed by atoms with Crippen molar-refractivity contribution in [3.63, 3.8) is 0 Å². The third-order valence-corrected chi connectivity index (χ3v) is 6.01. The molecule has 0 aliphatic carbocycles. The fourth-order valence-corrected chi connectivity index (χ4v) is 3.49. The van der Waals surface area contributed by atoms with Crippen molar-refractivity contribution in [2.24, 2.45) is 0 Å². The monoisotopic (exact) mass is 403 g/mol. The summed E-state index contributed by atoms with van der Waals surface area (Å²) in [5.74, 6) is -3.15. The maximum atomic E-state index is 14.5. The molecule has 0 atom stereocenters. The summed E-state index contributed by atoms with van der Waals surface area (Å²) in [6, 6.07) is 8.81. The van der Waals surface area contributed by atoms with Crippen molar-refractivity contribution in [3.8, 4) is 28.3 Å². The lowest BCUT2D eigenvalue weighted by Crippen LogP contribution is -2.22. The number of nitrogens with zero attached hydrogens (tertiary/aromatic N) is 3. The van der Waals surface area contributed by atoms with Crippen LogP contribution in [0.4, 0.5) is 8.78 Å². The number of hydrogen-bond acceptors (Lipinski definition) is 4. The van der Waals surface area contributed by atoms with Gasteiger partial charge in [-0.2, -0.15) is 9.49 Å². The molecular formula is C20H23F2N3O2Si. The van der Waals surface area contributed by atoms with Crippen LogP contribution in [0.25, 0.3) is 22.5 Å². The van der Waals surface area contributed by atoms with Crippen LogP contribution in [0.15, 0.2) is 42.7 Å². The number of benzene rings is 1. The molecule has 0 fully saturated rings. The molecule has 0 unspecified atom stereocenters. The van der Waals surface area contributed by atoms with Gasteiger partial charge in [0.15, 0.2) is 11.6 Å². The van der Waals surface area contributed by atoms with Gasteiger partial charge in [0.05, 0.1) is 17.6 Å². The van der Waals surface area contributed by atoms with E-state index in [2.05, 4.69) is 29.7 Å². The van der Waals surface area contributed by atoms with Crippen LogP contribution in [0, 0.1) is 11.6 Å². The van der Waals surface area contributed by atoms with E-state index in [0.29, 0.717) is 23.6 Å². The normalized spacial score (nSPS) is 11.8. The van der Waals surface area contributed by atoms with Crippen LogP contribution in [0.2, 0.25) is 25.7 Å². The lowest BCUT2D eigenvalue weighted by Gasteiger charge is -2.16. The second-order valence-corrected chi connectivity index (χ2v) is 13.4. The van der Waals surface area contributed by atoms with Gasteiger partial charge in [-0.25, -0.2) is 9.07 Å². The molecule has 3 rings (SSSR count). The number of hydrogen-bond donors (Lipinski definition) is 1. The third-order valence-electron chi connectivity index (χ3n) is 4.31. The van der Waals surface area contributed by atoms with Crippen molar-refractivity contribution in [3.05, 3.63) is 54.4 Å². The van der Waals surface area contributed by atoms with Gasteiger partial charge in [-0.05, 0) is 30.3 Å². The van der Waals surface area contributed by atoms with Crippen LogP contribution in [0.5, 0.6) is 5.75 Å². The van der Waals surface area contributed by atoms with Crippen LogP contribution < -0.4 is 0 Å². The molecule has 0 saturated heterocycles. The van der Waals surface area contributed by atoms with Crippen LogP contribution in [0.1, 0.15) is 0 Å². The molecule has 148 valence electrons. The Bertz CT molecular complexity index is 956. The van der Waals surface area contributed by atoms with Crippen LogP contribution in [-0.4, -0.2) is 34.6 Å². The fraction of sp³-hybridized carbons (Fsp3) is 0.300. The Labute approximate surface area is 163 Å². The quantitative estimate of drug-likeness (QED) is 0.450. The zero-order chi connectivity index (χ0) is 20.3. The summed E-state index contributed by atoms with van der Waals surface area (Å²) >= 11 is 0. The predicted octanol–water partition coefficient (Wildman–Crippen LogP) is 4.91. The first kappa shape index (κ1) is 20.2. The Morgan fingerprint density at radius 2 is 1.86 bits per heavy atom. The summed E-state index contributed by atoms with van der Waals surface area (Å²) in [5, 5.41) is 13.7. The zero-order valence-electron chi connectivity index (χ0n) is 16.1. The molecule has 0 aliphatic rings. The second kappa shape index (κ2) is 8.20. The Morgan fingerprint density at radius 1 is 1.07 bits per heavy atom. The molecule has 0 amide bonds. The highest BCUT2D eigenvalue weighted by atomic mass is 28.3. The van der Waals surface area contributed by atoms with Gasteiger partial charge in [-0.3, -0.25) is 4.98 Å². The highest BCUT2D eigenvalue weighted by Crippen LogP contribution is 2.35. The number of aromatic nitrogens is 3. The molecule has 0 bridgehead atoms. The van der Waals surface area contributed by atoms with Crippen molar-refractivity contribution in [2.45, 2.75) is 32.4 Å². The fourth-order valence-electron chi connectivity index (χ4n) is 2.73. The SMILES string of the molecule is C[Si](C)(C)CCOCn1ncc(-c2ccc(O)c(F)c2F)c1-c1ccccn1. The smallest absolute Gasteiger partial charge is 0.200 e. The Hall–Kier alpha value is -2.58. The van der Waals surface area contributed by atoms with Gasteiger partial charge < -0.3 is 9.84 Å². The van der Waals surface area contributed by atoms with Gasteiger partial charge in [-0.15, -0.1) is 0 Å². The Balaban J connectivity index is 1.98. The van der Waals surface area contributed by atoms with E-state index >= 15 is 0 Å². The summed E-state index contributed by atoms with van der Waals surface area (Å²) in [6.07, 6.45) is 3.08. The van der Waals surface area contributed by atoms with Gasteiger partial charge in [-0.1, -0.05) is 25.7 Å². The number of ether oxygens (including phenoxy) is 1. The van der Waals surface area contributed by atoms with E-state index in [0.717, 1.165) is 12.1 Å². The summed E-state index contributed by atoms with van der Waals surface area (Å²) in [4.78, 5) is 4.33. The van der Waals surface area contributed by atoms with E-state index in [1.807, 2.05) is 6.07 Å². The number of halogens is 2. The highest BCUT2D eigenvalue weighted by molar-refractivity contribution is 6.76. The highest BCUT2D eigenvalue weighted by Gasteiger charge is 2.22. The minimum Gasteiger partial charge on any atom is -0.505 e. The molecule has 0 spiro atoms. The van der Waals surface area contributed by atoms with E-state index in [9.17, 15) is 13.9 Å². The lowest BCUT2D eigenvalue weighted by atomic mass is 10.0. The predicted molar refractivity (Wildman–Crippen MR) is 107 cm³/mol. The molecule has 2 heterocycles. The zero-order valence-corrected chi connectivity index (χ0v) is 17.1. The molecule has 1 N–H and O–H groups in total. The first-order chi connectivity index (χ1) is 13.3. The molecule has 0 radical (unpaired) electrons. The summed E-state index contributed by atoms with van der Waals surface area (Å²) in [6.45, 7) is 7.59. The molecule has 1 aromatic carbocycles. The first-order valence-electron chi connectivity index (χ1n) is 9.00. The first-order valence-corrected chi connectivity index (χ1v) is 12.7. The summed E-state index contributed by atoms with van der Waals surface area (Å²) in [5.41, 5.74) is 1.47. The standard InChI is InChI=1S/C20H23F2N3O2Si/c1-28(2,3)11-10-27-13-25-20(16-6-4-5-9-23-16)15(12-24-25)14-7-8-17(26)19(22)18(14)21/h4-9,12,26H,10-11,13H2,1-3H3. The van der Waals surface area contributed by atoms with Crippen molar-refractivity contribution in [1.82, 2.24) is 14.8 Å². The minimum atomic E-state index is -1.29. The van der Waals surface area contributed by atoms with Crippen molar-refractivity contribution in [2.75, 3.05) is 6.61 Å². The Kier molecular flexibility index (Phi) is 5.90. The summed E-state index contributed by atoms with van der Waals surface area (Å²) in [7, 11) is -1.22. The lowest BCUT2D eigenvalue weighted by molar-refractivity contribution is 0.0797. The van der Waals surface area contributed by atoms with Crippen LogP contribution in [0.3, 0.4) is 0 Å². The minimum absolute atomic E-state index is 0.00398. The van der Waals surface area contributed by atoms with E-state index in [1.165, 1.54) is 12.3 Å². The van der Waals surface area contributed by atoms with Crippen molar-refractivity contribution >= 4 is 8.07 Å². The number of phenols is 1. The molecule has 28 heavy (non-hydrogen) atoms.